The van der Waals surface area contributed by atoms with Crippen LogP contribution >= 0.6 is 0 Å². The van der Waals surface area contributed by atoms with Crippen molar-refractivity contribution < 1.29 is 19.0 Å². The normalized spacial score (nSPS) is 17.0. The molecule has 4 heteroatoms. The topological polar surface area (TPSA) is 44.8 Å². The van der Waals surface area contributed by atoms with Crippen LogP contribution in [0.25, 0.3) is 0 Å². The van der Waals surface area contributed by atoms with Gasteiger partial charge in [-0.05, 0) is 24.6 Å². The number of ether oxygens (including phenoxy) is 3. The van der Waals surface area contributed by atoms with Crippen LogP contribution in [0.4, 0.5) is 0 Å². The molecular weight excluding hydrogens is 280 g/mol. The third-order valence-electron chi connectivity index (χ3n) is 3.78. The number of rotatable bonds is 4. The van der Waals surface area contributed by atoms with E-state index in [1.165, 1.54) is 0 Å². The zero-order valence-corrected chi connectivity index (χ0v) is 12.7. The molecule has 0 N–H and O–H groups in total. The summed E-state index contributed by atoms with van der Waals surface area (Å²) < 4.78 is 16.8. The summed E-state index contributed by atoms with van der Waals surface area (Å²) in [6.45, 7) is 2.53. The van der Waals surface area contributed by atoms with Gasteiger partial charge in [0.2, 0.25) is 0 Å². The molecule has 22 heavy (non-hydrogen) atoms. The van der Waals surface area contributed by atoms with E-state index in [0.717, 1.165) is 11.1 Å². The molecule has 0 spiro atoms. The molecule has 1 aliphatic heterocycles. The lowest BCUT2D eigenvalue weighted by Crippen LogP contribution is -2.27. The van der Waals surface area contributed by atoms with E-state index in [2.05, 4.69) is 0 Å². The number of benzene rings is 2. The molecule has 0 saturated heterocycles. The van der Waals surface area contributed by atoms with Gasteiger partial charge in [0, 0.05) is 11.1 Å². The second-order valence-corrected chi connectivity index (χ2v) is 5.21. The molecular formula is C18H18O4. The summed E-state index contributed by atoms with van der Waals surface area (Å²) in [5, 5.41) is 0. The van der Waals surface area contributed by atoms with Gasteiger partial charge < -0.3 is 14.2 Å². The van der Waals surface area contributed by atoms with E-state index in [4.69, 9.17) is 14.2 Å². The Balaban J connectivity index is 1.93. The summed E-state index contributed by atoms with van der Waals surface area (Å²) in [5.41, 5.74) is 2.47. The fraction of sp³-hybridized carbons (Fsp3) is 0.278. The highest BCUT2D eigenvalue weighted by Gasteiger charge is 2.28. The number of ketones is 1. The second-order valence-electron chi connectivity index (χ2n) is 5.21. The van der Waals surface area contributed by atoms with Crippen LogP contribution in [-0.2, 0) is 18.0 Å². The first kappa shape index (κ1) is 14.6. The zero-order valence-electron chi connectivity index (χ0n) is 12.7. The van der Waals surface area contributed by atoms with E-state index in [9.17, 15) is 4.79 Å². The van der Waals surface area contributed by atoms with Crippen molar-refractivity contribution in [1.82, 2.24) is 0 Å². The SMILES string of the molecule is COc1ccc2c(c1OCc1ccccc1)COC(C)C2=O. The Kier molecular flexibility index (Phi) is 4.11. The highest BCUT2D eigenvalue weighted by molar-refractivity contribution is 6.02. The van der Waals surface area contributed by atoms with Crippen molar-refractivity contribution in [2.75, 3.05) is 7.11 Å². The lowest BCUT2D eigenvalue weighted by molar-refractivity contribution is 0.0324. The molecule has 1 atom stereocenters. The number of Topliss-reactive ketones (excluding diaryl/α,β-unsaturated/α-hetero) is 1. The minimum Gasteiger partial charge on any atom is -0.493 e. The van der Waals surface area contributed by atoms with Crippen LogP contribution in [0, 0.1) is 0 Å². The van der Waals surface area contributed by atoms with Crippen LogP contribution < -0.4 is 9.47 Å². The van der Waals surface area contributed by atoms with Crippen LogP contribution in [-0.4, -0.2) is 19.0 Å². The van der Waals surface area contributed by atoms with Crippen molar-refractivity contribution in [3.8, 4) is 11.5 Å². The van der Waals surface area contributed by atoms with Gasteiger partial charge in [-0.3, -0.25) is 4.79 Å². The number of carbonyl (C=O) groups is 1. The fourth-order valence-corrected chi connectivity index (χ4v) is 2.53. The lowest BCUT2D eigenvalue weighted by Gasteiger charge is -2.24. The maximum atomic E-state index is 12.2. The highest BCUT2D eigenvalue weighted by Crippen LogP contribution is 2.37. The van der Waals surface area contributed by atoms with Gasteiger partial charge in [-0.25, -0.2) is 0 Å². The van der Waals surface area contributed by atoms with Crippen molar-refractivity contribution in [3.63, 3.8) is 0 Å². The fourth-order valence-electron chi connectivity index (χ4n) is 2.53. The zero-order chi connectivity index (χ0) is 15.5. The summed E-state index contributed by atoms with van der Waals surface area (Å²) in [7, 11) is 1.59. The van der Waals surface area contributed by atoms with Gasteiger partial charge >= 0.3 is 0 Å². The predicted molar refractivity (Wildman–Crippen MR) is 82.3 cm³/mol. The average molecular weight is 298 g/mol. The molecule has 2 aromatic carbocycles. The van der Waals surface area contributed by atoms with Crippen LogP contribution in [0.5, 0.6) is 11.5 Å². The van der Waals surface area contributed by atoms with Crippen molar-refractivity contribution in [1.29, 1.82) is 0 Å². The number of carbonyl (C=O) groups excluding carboxylic acids is 1. The van der Waals surface area contributed by atoms with Gasteiger partial charge in [0.25, 0.3) is 0 Å². The quantitative estimate of drug-likeness (QED) is 0.868. The first-order valence-electron chi connectivity index (χ1n) is 7.23. The van der Waals surface area contributed by atoms with Gasteiger partial charge in [-0.1, -0.05) is 30.3 Å². The summed E-state index contributed by atoms with van der Waals surface area (Å²) in [6.07, 6.45) is -0.414. The Labute approximate surface area is 129 Å². The van der Waals surface area contributed by atoms with E-state index in [1.807, 2.05) is 30.3 Å². The number of hydrogen-bond acceptors (Lipinski definition) is 4. The van der Waals surface area contributed by atoms with Crippen LogP contribution in [0.3, 0.4) is 0 Å². The summed E-state index contributed by atoms with van der Waals surface area (Å²) in [5.74, 6) is 1.18. The van der Waals surface area contributed by atoms with Crippen LogP contribution in [0.15, 0.2) is 42.5 Å². The van der Waals surface area contributed by atoms with Gasteiger partial charge in [0.1, 0.15) is 12.7 Å². The Morgan fingerprint density at radius 2 is 1.95 bits per heavy atom. The molecule has 0 aromatic heterocycles. The van der Waals surface area contributed by atoms with Crippen molar-refractivity contribution in [2.45, 2.75) is 26.2 Å². The van der Waals surface area contributed by atoms with Crippen molar-refractivity contribution in [3.05, 3.63) is 59.2 Å². The maximum absolute atomic E-state index is 12.2. The van der Waals surface area contributed by atoms with E-state index >= 15 is 0 Å². The Morgan fingerprint density at radius 3 is 2.68 bits per heavy atom. The molecule has 0 fully saturated rings. The molecule has 1 unspecified atom stereocenters. The summed E-state index contributed by atoms with van der Waals surface area (Å²) in [4.78, 5) is 12.2. The molecule has 4 nitrogen and oxygen atoms in total. The third kappa shape index (κ3) is 2.70. The number of fused-ring (bicyclic) bond motifs is 1. The summed E-state index contributed by atoms with van der Waals surface area (Å²) in [6, 6.07) is 13.4. The minimum atomic E-state index is -0.414. The van der Waals surface area contributed by atoms with Gasteiger partial charge in [-0.2, -0.15) is 0 Å². The lowest BCUT2D eigenvalue weighted by atomic mass is 9.97. The third-order valence-corrected chi connectivity index (χ3v) is 3.78. The van der Waals surface area contributed by atoms with Crippen LogP contribution in [0.1, 0.15) is 28.4 Å². The average Bonchev–Trinajstić information content (AvgIpc) is 2.56. The molecule has 2 aromatic rings. The van der Waals surface area contributed by atoms with Gasteiger partial charge in [0.15, 0.2) is 17.3 Å². The molecule has 0 radical (unpaired) electrons. The summed E-state index contributed by atoms with van der Waals surface area (Å²) >= 11 is 0. The van der Waals surface area contributed by atoms with Crippen molar-refractivity contribution in [2.24, 2.45) is 0 Å². The molecule has 0 aliphatic carbocycles. The Bertz CT molecular complexity index is 679. The molecule has 0 amide bonds. The number of hydrogen-bond donors (Lipinski definition) is 0. The van der Waals surface area contributed by atoms with E-state index in [0.29, 0.717) is 30.3 Å². The largest absolute Gasteiger partial charge is 0.493 e. The Hall–Kier alpha value is -2.33. The standard InChI is InChI=1S/C18H18O4/c1-12-17(19)14-8-9-16(20-2)18(15(14)11-21-12)22-10-13-6-4-3-5-7-13/h3-9,12H,10-11H2,1-2H3. The smallest absolute Gasteiger partial charge is 0.191 e. The molecule has 1 heterocycles. The van der Waals surface area contributed by atoms with Gasteiger partial charge in [0.05, 0.1) is 13.7 Å². The first-order valence-corrected chi connectivity index (χ1v) is 7.23. The molecule has 0 saturated carbocycles. The monoisotopic (exact) mass is 298 g/mol. The van der Waals surface area contributed by atoms with E-state index in [-0.39, 0.29) is 5.78 Å². The molecule has 114 valence electrons. The van der Waals surface area contributed by atoms with Crippen LogP contribution in [0.2, 0.25) is 0 Å². The molecule has 3 rings (SSSR count). The van der Waals surface area contributed by atoms with E-state index in [1.54, 1.807) is 26.2 Å². The molecule has 1 aliphatic rings. The van der Waals surface area contributed by atoms with Crippen molar-refractivity contribution >= 4 is 5.78 Å². The first-order chi connectivity index (χ1) is 10.7. The maximum Gasteiger partial charge on any atom is 0.191 e. The van der Waals surface area contributed by atoms with E-state index < -0.39 is 6.10 Å². The number of methoxy groups -OCH3 is 1. The predicted octanol–water partition coefficient (Wildman–Crippen LogP) is 3.38. The minimum absolute atomic E-state index is 0.0199. The highest BCUT2D eigenvalue weighted by atomic mass is 16.5. The molecule has 0 bridgehead atoms. The Morgan fingerprint density at radius 1 is 1.18 bits per heavy atom. The second kappa shape index (κ2) is 6.20. The van der Waals surface area contributed by atoms with Gasteiger partial charge in [-0.15, -0.1) is 0 Å².